The monoisotopic (exact) mass is 386 g/mol. The summed E-state index contributed by atoms with van der Waals surface area (Å²) in [6.07, 6.45) is 7.92. The molecule has 152 valence electrons. The van der Waals surface area contributed by atoms with E-state index in [1.54, 1.807) is 18.2 Å². The van der Waals surface area contributed by atoms with Crippen molar-refractivity contribution in [3.63, 3.8) is 0 Å². The van der Waals surface area contributed by atoms with E-state index in [9.17, 15) is 14.4 Å². The highest BCUT2D eigenvalue weighted by atomic mass is 16.4. The van der Waals surface area contributed by atoms with Crippen molar-refractivity contribution in [3.8, 4) is 0 Å². The number of carbonyl (C=O) groups is 3. The number of carbonyl (C=O) groups excluding carboxylic acids is 2. The highest BCUT2D eigenvalue weighted by Crippen LogP contribution is 2.26. The summed E-state index contributed by atoms with van der Waals surface area (Å²) in [6, 6.07) is 7.16. The largest absolute Gasteiger partial charge is 0.481 e. The van der Waals surface area contributed by atoms with Crippen LogP contribution in [0.3, 0.4) is 0 Å². The zero-order chi connectivity index (χ0) is 19.9. The predicted molar refractivity (Wildman–Crippen MR) is 107 cm³/mol. The number of nitrogens with one attached hydrogen (secondary N) is 1. The lowest BCUT2D eigenvalue weighted by Crippen LogP contribution is -2.40. The van der Waals surface area contributed by atoms with Crippen LogP contribution < -0.4 is 5.32 Å². The number of piperidine rings is 1. The number of anilines is 1. The van der Waals surface area contributed by atoms with Gasteiger partial charge in [0.05, 0.1) is 0 Å². The molecule has 0 aromatic heterocycles. The average Bonchev–Trinajstić information content (AvgIpc) is 2.72. The Morgan fingerprint density at radius 3 is 2.61 bits per heavy atom. The molecule has 2 fully saturated rings. The molecule has 2 amide bonds. The molecule has 1 saturated carbocycles. The summed E-state index contributed by atoms with van der Waals surface area (Å²) in [4.78, 5) is 38.0. The molecule has 0 radical (unpaired) electrons. The van der Waals surface area contributed by atoms with Gasteiger partial charge in [0, 0.05) is 36.7 Å². The molecule has 6 heteroatoms. The third kappa shape index (κ3) is 5.57. The van der Waals surface area contributed by atoms with E-state index >= 15 is 0 Å². The van der Waals surface area contributed by atoms with Crippen LogP contribution in [0.15, 0.2) is 24.3 Å². The first-order valence-corrected chi connectivity index (χ1v) is 10.4. The third-order valence-corrected chi connectivity index (χ3v) is 5.93. The summed E-state index contributed by atoms with van der Waals surface area (Å²) in [5.41, 5.74) is 1.24. The Morgan fingerprint density at radius 1 is 1.07 bits per heavy atom. The minimum Gasteiger partial charge on any atom is -0.481 e. The third-order valence-electron chi connectivity index (χ3n) is 5.93. The summed E-state index contributed by atoms with van der Waals surface area (Å²) in [5.74, 6) is -0.470. The van der Waals surface area contributed by atoms with E-state index in [-0.39, 0.29) is 30.1 Å². The van der Waals surface area contributed by atoms with Crippen molar-refractivity contribution in [1.29, 1.82) is 0 Å². The van der Waals surface area contributed by atoms with Gasteiger partial charge < -0.3 is 15.3 Å². The number of aliphatic carboxylic acids is 1. The van der Waals surface area contributed by atoms with Crippen molar-refractivity contribution in [2.24, 2.45) is 11.8 Å². The standard InChI is InChI=1S/C22H30N2O4/c25-20(26)12-11-16-6-5-13-24(15-16)22(28)18-9-4-10-19(14-18)23-21(27)17-7-2-1-3-8-17/h4,9-10,14,16-17H,1-3,5-8,11-13,15H2,(H,23,27)(H,25,26). The molecular weight excluding hydrogens is 356 g/mol. The number of rotatable bonds is 6. The number of hydrogen-bond donors (Lipinski definition) is 2. The summed E-state index contributed by atoms with van der Waals surface area (Å²) < 4.78 is 0. The van der Waals surface area contributed by atoms with Gasteiger partial charge in [0.25, 0.3) is 5.91 Å². The predicted octanol–water partition coefficient (Wildman–Crippen LogP) is 3.92. The van der Waals surface area contributed by atoms with Gasteiger partial charge >= 0.3 is 5.97 Å². The smallest absolute Gasteiger partial charge is 0.303 e. The number of carboxylic acids is 1. The number of amides is 2. The molecule has 6 nitrogen and oxygen atoms in total. The summed E-state index contributed by atoms with van der Waals surface area (Å²) in [7, 11) is 0. The van der Waals surface area contributed by atoms with E-state index in [0.29, 0.717) is 30.8 Å². The molecule has 0 spiro atoms. The van der Waals surface area contributed by atoms with Crippen LogP contribution in [0.25, 0.3) is 0 Å². The van der Waals surface area contributed by atoms with E-state index in [1.807, 2.05) is 11.0 Å². The molecule has 1 heterocycles. The Hall–Kier alpha value is -2.37. The van der Waals surface area contributed by atoms with Crippen molar-refractivity contribution in [3.05, 3.63) is 29.8 Å². The second-order valence-electron chi connectivity index (χ2n) is 8.10. The maximum Gasteiger partial charge on any atom is 0.303 e. The molecule has 2 N–H and O–H groups in total. The lowest BCUT2D eigenvalue weighted by molar-refractivity contribution is -0.137. The fourth-order valence-corrected chi connectivity index (χ4v) is 4.33. The zero-order valence-corrected chi connectivity index (χ0v) is 16.4. The minimum absolute atomic E-state index is 0.0474. The van der Waals surface area contributed by atoms with Crippen LogP contribution in [0.4, 0.5) is 5.69 Å². The second-order valence-corrected chi connectivity index (χ2v) is 8.10. The first-order valence-electron chi connectivity index (χ1n) is 10.4. The highest BCUT2D eigenvalue weighted by Gasteiger charge is 2.25. The zero-order valence-electron chi connectivity index (χ0n) is 16.4. The molecule has 1 unspecified atom stereocenters. The molecule has 1 atom stereocenters. The first-order chi connectivity index (χ1) is 13.5. The van der Waals surface area contributed by atoms with Gasteiger partial charge in [0.2, 0.25) is 5.91 Å². The average molecular weight is 386 g/mol. The molecule has 1 aliphatic carbocycles. The van der Waals surface area contributed by atoms with E-state index in [0.717, 1.165) is 38.5 Å². The van der Waals surface area contributed by atoms with Gasteiger partial charge in [-0.2, -0.15) is 0 Å². The normalized spacial score (nSPS) is 20.6. The van der Waals surface area contributed by atoms with Crippen molar-refractivity contribution in [1.82, 2.24) is 4.90 Å². The van der Waals surface area contributed by atoms with Crippen molar-refractivity contribution in [2.45, 2.75) is 57.8 Å². The van der Waals surface area contributed by atoms with Gasteiger partial charge in [-0.25, -0.2) is 0 Å². The fraction of sp³-hybridized carbons (Fsp3) is 0.591. The Bertz CT molecular complexity index is 712. The summed E-state index contributed by atoms with van der Waals surface area (Å²) in [5, 5.41) is 11.9. The highest BCUT2D eigenvalue weighted by molar-refractivity contribution is 5.97. The van der Waals surface area contributed by atoms with Crippen LogP contribution in [-0.2, 0) is 9.59 Å². The van der Waals surface area contributed by atoms with Crippen LogP contribution in [-0.4, -0.2) is 40.9 Å². The molecule has 0 bridgehead atoms. The molecule has 2 aliphatic rings. The molecule has 3 rings (SSSR count). The van der Waals surface area contributed by atoms with E-state index < -0.39 is 5.97 Å². The van der Waals surface area contributed by atoms with Gasteiger partial charge in [-0.1, -0.05) is 25.3 Å². The van der Waals surface area contributed by atoms with E-state index in [4.69, 9.17) is 5.11 Å². The second kappa shape index (κ2) is 9.71. The molecule has 1 saturated heterocycles. The van der Waals surface area contributed by atoms with Gasteiger partial charge in [-0.3, -0.25) is 14.4 Å². The number of hydrogen-bond acceptors (Lipinski definition) is 3. The van der Waals surface area contributed by atoms with Crippen LogP contribution in [0.5, 0.6) is 0 Å². The number of likely N-dealkylation sites (tertiary alicyclic amines) is 1. The SMILES string of the molecule is O=C(O)CCC1CCCN(C(=O)c2cccc(NC(=O)C3CCCCC3)c2)C1. The Kier molecular flexibility index (Phi) is 7.06. The quantitative estimate of drug-likeness (QED) is 0.776. The summed E-state index contributed by atoms with van der Waals surface area (Å²) in [6.45, 7) is 1.30. The molecule has 1 aromatic rings. The van der Waals surface area contributed by atoms with Gasteiger partial charge in [0.15, 0.2) is 0 Å². The summed E-state index contributed by atoms with van der Waals surface area (Å²) >= 11 is 0. The van der Waals surface area contributed by atoms with Crippen LogP contribution in [0.2, 0.25) is 0 Å². The Labute approximate surface area is 166 Å². The Balaban J connectivity index is 1.60. The Morgan fingerprint density at radius 2 is 1.86 bits per heavy atom. The van der Waals surface area contributed by atoms with Gasteiger partial charge in [-0.15, -0.1) is 0 Å². The van der Waals surface area contributed by atoms with Crippen molar-refractivity contribution in [2.75, 3.05) is 18.4 Å². The van der Waals surface area contributed by atoms with Gasteiger partial charge in [0.1, 0.15) is 0 Å². The molecule has 28 heavy (non-hydrogen) atoms. The van der Waals surface area contributed by atoms with Gasteiger partial charge in [-0.05, 0) is 56.2 Å². The van der Waals surface area contributed by atoms with Crippen LogP contribution in [0, 0.1) is 11.8 Å². The van der Waals surface area contributed by atoms with E-state index in [1.165, 1.54) is 6.42 Å². The molecule has 1 aliphatic heterocycles. The topological polar surface area (TPSA) is 86.7 Å². The van der Waals surface area contributed by atoms with Crippen molar-refractivity contribution >= 4 is 23.5 Å². The number of nitrogens with zero attached hydrogens (tertiary/aromatic N) is 1. The minimum atomic E-state index is -0.787. The van der Waals surface area contributed by atoms with E-state index in [2.05, 4.69) is 5.32 Å². The van der Waals surface area contributed by atoms with Crippen molar-refractivity contribution < 1.29 is 19.5 Å². The van der Waals surface area contributed by atoms with Crippen LogP contribution in [0.1, 0.15) is 68.1 Å². The first kappa shape index (κ1) is 20.4. The number of carboxylic acid groups (broad SMARTS) is 1. The maximum atomic E-state index is 12.9. The van der Waals surface area contributed by atoms with Crippen LogP contribution >= 0.6 is 0 Å². The number of benzene rings is 1. The molecule has 1 aromatic carbocycles. The maximum absolute atomic E-state index is 12.9. The lowest BCUT2D eigenvalue weighted by atomic mass is 9.88. The lowest BCUT2D eigenvalue weighted by Gasteiger charge is -2.32. The molecular formula is C22H30N2O4. The fourth-order valence-electron chi connectivity index (χ4n) is 4.33.